The Hall–Kier alpha value is 0.366. The van der Waals surface area contributed by atoms with Crippen LogP contribution in [-0.2, 0) is 43.4 Å². The number of ketones is 2. The molecule has 0 aromatic heterocycles. The maximum absolute atomic E-state index is 10.2. The van der Waals surface area contributed by atoms with Crippen molar-refractivity contribution in [1.82, 2.24) is 0 Å². The second-order valence-electron chi connectivity index (χ2n) is 1.33. The second-order valence-corrected chi connectivity index (χ2v) is 1.33. The molecule has 0 aliphatic heterocycles. The molecule has 0 heterocycles. The van der Waals surface area contributed by atoms with Crippen molar-refractivity contribution >= 4 is 11.6 Å². The van der Waals surface area contributed by atoms with E-state index in [2.05, 4.69) is 0 Å². The van der Waals surface area contributed by atoms with Crippen molar-refractivity contribution in [3.8, 4) is 0 Å². The summed E-state index contributed by atoms with van der Waals surface area (Å²) in [4.78, 5) is 20.2. The monoisotopic (exact) mass is 215 g/mol. The van der Waals surface area contributed by atoms with Crippen LogP contribution in [0, 0.1) is 0 Å². The molecule has 0 N–H and O–H groups in total. The third-order valence-electron chi connectivity index (χ3n) is 0.714. The van der Waals surface area contributed by atoms with E-state index in [1.807, 2.05) is 0 Å². The Balaban J connectivity index is -0.000000180. The van der Waals surface area contributed by atoms with Crippen LogP contribution in [0.25, 0.3) is 0 Å². The van der Waals surface area contributed by atoms with Gasteiger partial charge in [0.25, 0.3) is 0 Å². The normalized spacial score (nSPS) is 6.44. The van der Waals surface area contributed by atoms with E-state index < -0.39 is 0 Å². The fourth-order valence-electron chi connectivity index (χ4n) is 0.249. The first-order valence-electron chi connectivity index (χ1n) is 2.22. The van der Waals surface area contributed by atoms with Crippen molar-refractivity contribution in [2.75, 3.05) is 0 Å². The summed E-state index contributed by atoms with van der Waals surface area (Å²) in [5.41, 5.74) is 0. The molecule has 0 bridgehead atoms. The van der Waals surface area contributed by atoms with Crippen LogP contribution in [-0.4, -0.2) is 11.6 Å². The fraction of sp³-hybridized carbons (Fsp3) is 0.600. The van der Waals surface area contributed by atoms with Gasteiger partial charge >= 0.3 is 0 Å². The molecule has 4 heteroatoms. The maximum atomic E-state index is 10.2. The first kappa shape index (κ1) is 16.2. The first-order valence-corrected chi connectivity index (χ1v) is 2.22. The van der Waals surface area contributed by atoms with Crippen LogP contribution in [0.5, 0.6) is 0 Å². The summed E-state index contributed by atoms with van der Waals surface area (Å²) in [5.74, 6) is -0.637. The van der Waals surface area contributed by atoms with Gasteiger partial charge in [-0.1, -0.05) is 6.92 Å². The Kier molecular flexibility index (Phi) is 15.0. The molecule has 0 amide bonds. The summed E-state index contributed by atoms with van der Waals surface area (Å²) in [6.45, 7) is 2.95. The van der Waals surface area contributed by atoms with Crippen LogP contribution in [0.2, 0.25) is 0 Å². The largest absolute Gasteiger partial charge is 0.291 e. The number of rotatable bonds is 2. The van der Waals surface area contributed by atoms with E-state index in [0.717, 1.165) is 0 Å². The zero-order valence-electron chi connectivity index (χ0n) is 5.21. The molecule has 0 fully saturated rings. The summed E-state index contributed by atoms with van der Waals surface area (Å²) in [6.07, 6.45) is 0.329. The van der Waals surface area contributed by atoms with E-state index in [4.69, 9.17) is 0 Å². The van der Waals surface area contributed by atoms with Gasteiger partial charge in [0.2, 0.25) is 0 Å². The topological polar surface area (TPSA) is 34.1 Å². The van der Waals surface area contributed by atoms with Gasteiger partial charge in [-0.25, -0.2) is 0 Å². The maximum Gasteiger partial charge on any atom is 0.197 e. The van der Waals surface area contributed by atoms with E-state index in [1.54, 1.807) is 6.92 Å². The molecule has 2 nitrogen and oxygen atoms in total. The third-order valence-corrected chi connectivity index (χ3v) is 0.714. The summed E-state index contributed by atoms with van der Waals surface area (Å²) in [6, 6.07) is 0. The van der Waals surface area contributed by atoms with Crippen molar-refractivity contribution in [1.29, 1.82) is 0 Å². The predicted molar refractivity (Wildman–Crippen MR) is 26.0 cm³/mol. The van der Waals surface area contributed by atoms with Gasteiger partial charge in [0.15, 0.2) is 11.6 Å². The quantitative estimate of drug-likeness (QED) is 0.497. The van der Waals surface area contributed by atoms with Gasteiger partial charge in [0.1, 0.15) is 0 Å². The Morgan fingerprint density at radius 3 is 1.67 bits per heavy atom. The molecule has 0 aliphatic rings. The molecule has 0 atom stereocenters. The van der Waals surface area contributed by atoms with Crippen molar-refractivity contribution in [2.24, 2.45) is 0 Å². The van der Waals surface area contributed by atoms with Gasteiger partial charge in [-0.15, -0.1) is 0 Å². The second kappa shape index (κ2) is 8.37. The van der Waals surface area contributed by atoms with Crippen LogP contribution in [0.3, 0.4) is 0 Å². The van der Waals surface area contributed by atoms with Crippen molar-refractivity contribution in [2.45, 2.75) is 20.3 Å². The summed E-state index contributed by atoms with van der Waals surface area (Å²) in [7, 11) is 0. The zero-order chi connectivity index (χ0) is 5.86. The Bertz CT molecular complexity index is 103. The molecule has 57 valence electrons. The van der Waals surface area contributed by atoms with Crippen molar-refractivity contribution in [3.05, 3.63) is 0 Å². The average molecular weight is 215 g/mol. The third kappa shape index (κ3) is 8.37. The molecule has 0 aromatic rings. The predicted octanol–water partition coefficient (Wildman–Crippen LogP) is 0.549. The van der Waals surface area contributed by atoms with E-state index in [9.17, 15) is 9.59 Å². The molecule has 1 radical (unpaired) electrons. The average Bonchev–Trinajstić information content (AvgIpc) is 1.65. The Labute approximate surface area is 75.4 Å². The molecule has 0 saturated heterocycles. The molecule has 0 spiro atoms. The minimum atomic E-state index is -0.345. The number of Topliss-reactive ketones (excluding diaryl/α,β-unsaturated/α-hetero) is 2. The molecular weight excluding hydrogens is 207 g/mol. The summed E-state index contributed by atoms with van der Waals surface area (Å²) < 4.78 is 0. The van der Waals surface area contributed by atoms with E-state index in [1.165, 1.54) is 6.92 Å². The van der Waals surface area contributed by atoms with Crippen LogP contribution in [0.15, 0.2) is 0 Å². The van der Waals surface area contributed by atoms with Crippen LogP contribution >= 0.6 is 0 Å². The van der Waals surface area contributed by atoms with E-state index in [0.29, 0.717) is 6.42 Å². The molecule has 0 aromatic carbocycles. The SMILES string of the molecule is CCC(=O)C(C)=O.[Co].[Fe]. The van der Waals surface area contributed by atoms with Gasteiger partial charge in [0, 0.05) is 47.2 Å². The fourth-order valence-corrected chi connectivity index (χ4v) is 0.249. The van der Waals surface area contributed by atoms with Gasteiger partial charge in [-0.05, 0) is 0 Å². The van der Waals surface area contributed by atoms with E-state index in [-0.39, 0.29) is 45.4 Å². The smallest absolute Gasteiger partial charge is 0.197 e. The molecular formula is C5H8CoFeO2. The van der Waals surface area contributed by atoms with Crippen LogP contribution in [0.4, 0.5) is 0 Å². The first-order chi connectivity index (χ1) is 3.18. The van der Waals surface area contributed by atoms with Crippen molar-refractivity contribution < 1.29 is 43.4 Å². The molecule has 0 unspecified atom stereocenters. The van der Waals surface area contributed by atoms with Crippen LogP contribution < -0.4 is 0 Å². The number of hydrogen-bond acceptors (Lipinski definition) is 2. The Morgan fingerprint density at radius 1 is 1.33 bits per heavy atom. The summed E-state index contributed by atoms with van der Waals surface area (Å²) in [5, 5.41) is 0. The minimum absolute atomic E-state index is 0. The minimum Gasteiger partial charge on any atom is -0.291 e. The molecule has 0 saturated carbocycles. The summed E-state index contributed by atoms with van der Waals surface area (Å²) >= 11 is 0. The van der Waals surface area contributed by atoms with Gasteiger partial charge in [-0.2, -0.15) is 0 Å². The Morgan fingerprint density at radius 2 is 1.67 bits per heavy atom. The van der Waals surface area contributed by atoms with E-state index >= 15 is 0 Å². The molecule has 0 rings (SSSR count). The molecule has 9 heavy (non-hydrogen) atoms. The van der Waals surface area contributed by atoms with Gasteiger partial charge in [0.05, 0.1) is 0 Å². The number of carbonyl (C=O) groups is 2. The number of hydrogen-bond donors (Lipinski definition) is 0. The molecule has 0 aliphatic carbocycles. The van der Waals surface area contributed by atoms with Gasteiger partial charge < -0.3 is 0 Å². The van der Waals surface area contributed by atoms with Crippen LogP contribution in [0.1, 0.15) is 20.3 Å². The number of carbonyl (C=O) groups excluding carboxylic acids is 2. The zero-order valence-corrected chi connectivity index (χ0v) is 7.36. The van der Waals surface area contributed by atoms with Gasteiger partial charge in [-0.3, -0.25) is 9.59 Å². The van der Waals surface area contributed by atoms with Crippen molar-refractivity contribution in [3.63, 3.8) is 0 Å². The standard InChI is InChI=1S/C5H8O2.Co.Fe/c1-3-5(7)4(2)6;;/h3H2,1-2H3;;.